The van der Waals surface area contributed by atoms with Gasteiger partial charge >= 0.3 is 0 Å². The van der Waals surface area contributed by atoms with Crippen LogP contribution in [0.1, 0.15) is 33.4 Å². The van der Waals surface area contributed by atoms with Crippen molar-refractivity contribution >= 4 is 22.9 Å². The number of aryl methyl sites for hydroxylation is 2. The molecule has 0 spiro atoms. The molecular formula is C15H18ClNO2S. The van der Waals surface area contributed by atoms with E-state index >= 15 is 0 Å². The van der Waals surface area contributed by atoms with Crippen molar-refractivity contribution in [2.24, 2.45) is 0 Å². The molecule has 0 fully saturated rings. The van der Waals surface area contributed by atoms with E-state index in [0.717, 1.165) is 33.0 Å². The number of thiophene rings is 1. The van der Waals surface area contributed by atoms with Crippen molar-refractivity contribution < 1.29 is 9.84 Å². The van der Waals surface area contributed by atoms with Gasteiger partial charge in [0.05, 0.1) is 23.1 Å². The number of pyridine rings is 1. The lowest BCUT2D eigenvalue weighted by molar-refractivity contribution is 0.180. The summed E-state index contributed by atoms with van der Waals surface area (Å²) in [5.74, 6) is 0.829. The lowest BCUT2D eigenvalue weighted by atomic mass is 10.0. The first-order chi connectivity index (χ1) is 9.45. The summed E-state index contributed by atoms with van der Waals surface area (Å²) >= 11 is 7.68. The number of hydrogen-bond donors (Lipinski definition) is 1. The quantitative estimate of drug-likeness (QED) is 0.927. The van der Waals surface area contributed by atoms with Crippen molar-refractivity contribution in [2.45, 2.75) is 33.3 Å². The van der Waals surface area contributed by atoms with E-state index in [1.807, 2.05) is 26.2 Å². The van der Waals surface area contributed by atoms with E-state index in [4.69, 9.17) is 16.3 Å². The first-order valence-corrected chi connectivity index (χ1v) is 7.62. The van der Waals surface area contributed by atoms with Gasteiger partial charge in [-0.3, -0.25) is 4.98 Å². The Bertz CT molecular complexity index is 625. The third-order valence-electron chi connectivity index (χ3n) is 3.36. The van der Waals surface area contributed by atoms with Crippen molar-refractivity contribution in [1.82, 2.24) is 4.98 Å². The Morgan fingerprint density at radius 2 is 2.05 bits per heavy atom. The van der Waals surface area contributed by atoms with E-state index < -0.39 is 6.10 Å². The number of rotatable bonds is 4. The summed E-state index contributed by atoms with van der Waals surface area (Å²) in [7, 11) is 1.65. The lowest BCUT2D eigenvalue weighted by Crippen LogP contribution is -2.06. The Hall–Kier alpha value is -1.10. The fourth-order valence-electron chi connectivity index (χ4n) is 2.23. The highest BCUT2D eigenvalue weighted by Crippen LogP contribution is 2.35. The molecule has 0 aliphatic rings. The normalized spacial score (nSPS) is 12.5. The van der Waals surface area contributed by atoms with Crippen molar-refractivity contribution in [3.05, 3.63) is 43.9 Å². The van der Waals surface area contributed by atoms with E-state index in [9.17, 15) is 5.11 Å². The molecule has 0 aliphatic carbocycles. The zero-order valence-corrected chi connectivity index (χ0v) is 13.6. The fourth-order valence-corrected chi connectivity index (χ4v) is 3.53. The zero-order valence-electron chi connectivity index (χ0n) is 12.0. The summed E-state index contributed by atoms with van der Waals surface area (Å²) in [6.45, 7) is 5.86. The maximum absolute atomic E-state index is 10.4. The number of hydrogen-bond acceptors (Lipinski definition) is 4. The number of aliphatic hydroxyl groups is 1. The minimum Gasteiger partial charge on any atom is -0.496 e. The molecule has 1 N–H and O–H groups in total. The third kappa shape index (κ3) is 2.82. The molecule has 0 saturated heterocycles. The van der Waals surface area contributed by atoms with Crippen LogP contribution in [0.2, 0.25) is 5.02 Å². The number of ether oxygens (including phenoxy) is 1. The van der Waals surface area contributed by atoms with Crippen LogP contribution >= 0.6 is 22.9 Å². The second kappa shape index (κ2) is 6.12. The molecule has 0 aliphatic heterocycles. The van der Waals surface area contributed by atoms with Gasteiger partial charge in [0.25, 0.3) is 0 Å². The van der Waals surface area contributed by atoms with Crippen LogP contribution in [0.4, 0.5) is 0 Å². The molecule has 108 valence electrons. The highest BCUT2D eigenvalue weighted by Gasteiger charge is 2.19. The maximum atomic E-state index is 10.4. The maximum Gasteiger partial charge on any atom is 0.128 e. The molecule has 0 bridgehead atoms. The third-order valence-corrected chi connectivity index (χ3v) is 5.18. The largest absolute Gasteiger partial charge is 0.496 e. The molecule has 2 rings (SSSR count). The molecule has 2 heterocycles. The van der Waals surface area contributed by atoms with Gasteiger partial charge in [-0.15, -0.1) is 11.3 Å². The van der Waals surface area contributed by atoms with Crippen LogP contribution in [-0.2, 0) is 6.42 Å². The first kappa shape index (κ1) is 15.3. The number of halogens is 1. The standard InChI is InChI=1S/C15H18ClNO2S/c1-8-6-17-11(10(3)14(8)19-4)5-12(18)15-13(16)9(2)7-20-15/h6-7,12,18H,5H2,1-4H3. The van der Waals surface area contributed by atoms with Gasteiger partial charge in [0.15, 0.2) is 0 Å². The van der Waals surface area contributed by atoms with E-state index in [-0.39, 0.29) is 0 Å². The monoisotopic (exact) mass is 311 g/mol. The molecule has 0 aromatic carbocycles. The van der Waals surface area contributed by atoms with Gasteiger partial charge in [-0.05, 0) is 31.7 Å². The molecule has 20 heavy (non-hydrogen) atoms. The van der Waals surface area contributed by atoms with Crippen LogP contribution in [0.15, 0.2) is 11.6 Å². The van der Waals surface area contributed by atoms with Crippen molar-refractivity contribution in [3.8, 4) is 5.75 Å². The summed E-state index contributed by atoms with van der Waals surface area (Å²) in [5, 5.41) is 13.0. The molecule has 0 amide bonds. The predicted molar refractivity (Wildman–Crippen MR) is 83.0 cm³/mol. The van der Waals surface area contributed by atoms with Crippen molar-refractivity contribution in [2.75, 3.05) is 7.11 Å². The number of aliphatic hydroxyl groups excluding tert-OH is 1. The topological polar surface area (TPSA) is 42.4 Å². The summed E-state index contributed by atoms with van der Waals surface area (Å²) in [6, 6.07) is 0. The van der Waals surface area contributed by atoms with Crippen LogP contribution in [0.25, 0.3) is 0 Å². The Morgan fingerprint density at radius 1 is 1.35 bits per heavy atom. The van der Waals surface area contributed by atoms with Gasteiger partial charge in [0.2, 0.25) is 0 Å². The molecule has 1 unspecified atom stereocenters. The first-order valence-electron chi connectivity index (χ1n) is 6.36. The van der Waals surface area contributed by atoms with Gasteiger partial charge in [0, 0.05) is 29.4 Å². The molecule has 2 aromatic rings. The minimum atomic E-state index is -0.639. The summed E-state index contributed by atoms with van der Waals surface area (Å²) in [5.41, 5.74) is 3.79. The van der Waals surface area contributed by atoms with Crippen LogP contribution in [0.3, 0.4) is 0 Å². The average Bonchev–Trinajstić information content (AvgIpc) is 2.74. The lowest BCUT2D eigenvalue weighted by Gasteiger charge is -2.15. The highest BCUT2D eigenvalue weighted by molar-refractivity contribution is 7.10. The average molecular weight is 312 g/mol. The predicted octanol–water partition coefficient (Wildman–Crippen LogP) is 4.01. The second-order valence-electron chi connectivity index (χ2n) is 4.86. The Labute approximate surface area is 128 Å². The van der Waals surface area contributed by atoms with Gasteiger partial charge in [-0.1, -0.05) is 11.6 Å². The molecule has 1 atom stereocenters. The minimum absolute atomic E-state index is 0.433. The molecule has 0 saturated carbocycles. The smallest absolute Gasteiger partial charge is 0.128 e. The number of nitrogens with zero attached hydrogens (tertiary/aromatic N) is 1. The Kier molecular flexibility index (Phi) is 4.68. The van der Waals surface area contributed by atoms with Crippen LogP contribution in [0.5, 0.6) is 5.75 Å². The number of methoxy groups -OCH3 is 1. The molecule has 0 radical (unpaired) electrons. The van der Waals surface area contributed by atoms with E-state index in [0.29, 0.717) is 11.4 Å². The molecule has 5 heteroatoms. The molecular weight excluding hydrogens is 294 g/mol. The molecule has 2 aromatic heterocycles. The second-order valence-corrected chi connectivity index (χ2v) is 6.15. The van der Waals surface area contributed by atoms with Crippen molar-refractivity contribution in [3.63, 3.8) is 0 Å². The summed E-state index contributed by atoms with van der Waals surface area (Å²) < 4.78 is 5.39. The highest BCUT2D eigenvalue weighted by atomic mass is 35.5. The Morgan fingerprint density at radius 3 is 2.60 bits per heavy atom. The Balaban J connectivity index is 2.28. The van der Waals surface area contributed by atoms with Gasteiger partial charge in [-0.25, -0.2) is 0 Å². The van der Waals surface area contributed by atoms with Crippen LogP contribution < -0.4 is 4.74 Å². The van der Waals surface area contributed by atoms with Gasteiger partial charge < -0.3 is 9.84 Å². The zero-order chi connectivity index (χ0) is 14.9. The van der Waals surface area contributed by atoms with E-state index in [1.54, 1.807) is 13.3 Å². The summed E-state index contributed by atoms with van der Waals surface area (Å²) in [4.78, 5) is 5.21. The van der Waals surface area contributed by atoms with Crippen molar-refractivity contribution in [1.29, 1.82) is 0 Å². The fraction of sp³-hybridized carbons (Fsp3) is 0.400. The van der Waals surface area contributed by atoms with E-state index in [2.05, 4.69) is 4.98 Å². The van der Waals surface area contributed by atoms with Crippen LogP contribution in [0, 0.1) is 20.8 Å². The SMILES string of the molecule is COc1c(C)cnc(CC(O)c2scc(C)c2Cl)c1C. The van der Waals surface area contributed by atoms with Gasteiger partial charge in [0.1, 0.15) is 5.75 Å². The van der Waals surface area contributed by atoms with Gasteiger partial charge in [-0.2, -0.15) is 0 Å². The molecule has 3 nitrogen and oxygen atoms in total. The summed E-state index contributed by atoms with van der Waals surface area (Å²) in [6.07, 6.45) is 1.57. The van der Waals surface area contributed by atoms with E-state index in [1.165, 1.54) is 11.3 Å². The van der Waals surface area contributed by atoms with Crippen LogP contribution in [-0.4, -0.2) is 17.2 Å². The number of aromatic nitrogens is 1.